The van der Waals surface area contributed by atoms with Crippen LogP contribution in [0.2, 0.25) is 5.02 Å². The van der Waals surface area contributed by atoms with Gasteiger partial charge in [0.1, 0.15) is 0 Å². The van der Waals surface area contributed by atoms with Gasteiger partial charge in [0, 0.05) is 11.8 Å². The Morgan fingerprint density at radius 2 is 1.94 bits per heavy atom. The van der Waals surface area contributed by atoms with E-state index in [1.54, 1.807) is 6.07 Å². The second kappa shape index (κ2) is 5.61. The molecular formula is C15H12ClNO. The minimum Gasteiger partial charge on any atom is -0.294 e. The third-order valence-corrected chi connectivity index (χ3v) is 2.80. The molecule has 90 valence electrons. The van der Waals surface area contributed by atoms with Gasteiger partial charge in [-0.05, 0) is 24.6 Å². The van der Waals surface area contributed by atoms with E-state index in [4.69, 9.17) is 11.6 Å². The molecule has 1 aromatic carbocycles. The summed E-state index contributed by atoms with van der Waals surface area (Å²) in [6.45, 7) is 1.49. The summed E-state index contributed by atoms with van der Waals surface area (Å²) < 4.78 is 0. The first-order chi connectivity index (χ1) is 8.66. The molecule has 0 radical (unpaired) electrons. The highest BCUT2D eigenvalue weighted by molar-refractivity contribution is 6.33. The van der Waals surface area contributed by atoms with Crippen molar-refractivity contribution in [3.8, 4) is 0 Å². The number of benzene rings is 1. The number of pyridine rings is 1. The molecule has 1 heterocycles. The quantitative estimate of drug-likeness (QED) is 0.775. The summed E-state index contributed by atoms with van der Waals surface area (Å²) in [4.78, 5) is 15.5. The Bertz CT molecular complexity index is 591. The zero-order valence-corrected chi connectivity index (χ0v) is 10.7. The smallest absolute Gasteiger partial charge is 0.161 e. The molecule has 1 aromatic heterocycles. The van der Waals surface area contributed by atoms with E-state index < -0.39 is 0 Å². The number of halogens is 1. The highest BCUT2D eigenvalue weighted by Crippen LogP contribution is 2.17. The van der Waals surface area contributed by atoms with Gasteiger partial charge in [0.2, 0.25) is 0 Å². The molecule has 0 bridgehead atoms. The molecule has 0 atom stereocenters. The fraction of sp³-hybridized carbons (Fsp3) is 0.0667. The van der Waals surface area contributed by atoms with Crippen molar-refractivity contribution in [1.82, 2.24) is 4.98 Å². The molecule has 2 aromatic rings. The minimum absolute atomic E-state index is 0.0586. The van der Waals surface area contributed by atoms with Crippen LogP contribution in [0.4, 0.5) is 0 Å². The van der Waals surface area contributed by atoms with Gasteiger partial charge in [-0.1, -0.05) is 48.0 Å². The Hall–Kier alpha value is -1.93. The van der Waals surface area contributed by atoms with Gasteiger partial charge in [-0.2, -0.15) is 0 Å². The third kappa shape index (κ3) is 3.05. The molecule has 0 N–H and O–H groups in total. The van der Waals surface area contributed by atoms with Crippen LogP contribution in [0.15, 0.2) is 42.6 Å². The van der Waals surface area contributed by atoms with Crippen LogP contribution < -0.4 is 0 Å². The molecule has 0 amide bonds. The molecule has 3 heteroatoms. The average molecular weight is 258 g/mol. The Labute approximate surface area is 111 Å². The third-order valence-electron chi connectivity index (χ3n) is 2.50. The summed E-state index contributed by atoms with van der Waals surface area (Å²) in [6, 6.07) is 11.6. The van der Waals surface area contributed by atoms with Crippen molar-refractivity contribution in [2.45, 2.75) is 6.92 Å². The SMILES string of the molecule is CC(=O)c1cc(C=Cc2ccccc2)ncc1Cl. The first-order valence-electron chi connectivity index (χ1n) is 5.56. The predicted octanol–water partition coefficient (Wildman–Crippen LogP) is 4.11. The normalized spacial score (nSPS) is 10.8. The van der Waals surface area contributed by atoms with E-state index in [0.717, 1.165) is 5.56 Å². The number of nitrogens with zero attached hydrogens (tertiary/aromatic N) is 1. The molecule has 0 saturated carbocycles. The van der Waals surface area contributed by atoms with E-state index in [-0.39, 0.29) is 5.78 Å². The highest BCUT2D eigenvalue weighted by Gasteiger charge is 2.06. The number of ketones is 1. The molecule has 0 aliphatic heterocycles. The summed E-state index contributed by atoms with van der Waals surface area (Å²) in [5.41, 5.74) is 2.30. The standard InChI is InChI=1S/C15H12ClNO/c1-11(18)14-9-13(17-10-15(14)16)8-7-12-5-3-2-4-6-12/h2-10H,1H3. The van der Waals surface area contributed by atoms with Crippen molar-refractivity contribution < 1.29 is 4.79 Å². The average Bonchev–Trinajstić information content (AvgIpc) is 2.38. The molecule has 0 unspecified atom stereocenters. The summed E-state index contributed by atoms with van der Waals surface area (Å²) in [5.74, 6) is -0.0586. The zero-order chi connectivity index (χ0) is 13.0. The van der Waals surface area contributed by atoms with Crippen molar-refractivity contribution in [2.75, 3.05) is 0 Å². The van der Waals surface area contributed by atoms with Gasteiger partial charge >= 0.3 is 0 Å². The van der Waals surface area contributed by atoms with Crippen LogP contribution >= 0.6 is 11.6 Å². The number of hydrogen-bond donors (Lipinski definition) is 0. The van der Waals surface area contributed by atoms with E-state index in [1.165, 1.54) is 13.1 Å². The van der Waals surface area contributed by atoms with Gasteiger partial charge in [0.25, 0.3) is 0 Å². The van der Waals surface area contributed by atoms with Crippen LogP contribution in [-0.4, -0.2) is 10.8 Å². The first kappa shape index (κ1) is 12.5. The summed E-state index contributed by atoms with van der Waals surface area (Å²) >= 11 is 5.90. The minimum atomic E-state index is -0.0586. The fourth-order valence-electron chi connectivity index (χ4n) is 1.56. The summed E-state index contributed by atoms with van der Waals surface area (Å²) in [5, 5.41) is 0.388. The van der Waals surface area contributed by atoms with Crippen LogP contribution in [0, 0.1) is 0 Å². The number of rotatable bonds is 3. The van der Waals surface area contributed by atoms with Crippen LogP contribution in [0.1, 0.15) is 28.5 Å². The maximum atomic E-state index is 11.4. The largest absolute Gasteiger partial charge is 0.294 e. The highest BCUT2D eigenvalue weighted by atomic mass is 35.5. The number of carbonyl (C=O) groups is 1. The van der Waals surface area contributed by atoms with E-state index in [0.29, 0.717) is 16.3 Å². The van der Waals surface area contributed by atoms with Crippen molar-refractivity contribution in [3.63, 3.8) is 0 Å². The maximum Gasteiger partial charge on any atom is 0.161 e. The number of carbonyl (C=O) groups excluding carboxylic acids is 1. The lowest BCUT2D eigenvalue weighted by molar-refractivity contribution is 0.101. The van der Waals surface area contributed by atoms with Crippen LogP contribution in [0.3, 0.4) is 0 Å². The molecule has 0 saturated heterocycles. The van der Waals surface area contributed by atoms with Crippen LogP contribution in [-0.2, 0) is 0 Å². The lowest BCUT2D eigenvalue weighted by Gasteiger charge is -2.00. The monoisotopic (exact) mass is 257 g/mol. The van der Waals surface area contributed by atoms with Gasteiger partial charge in [-0.3, -0.25) is 9.78 Å². The van der Waals surface area contributed by atoms with Crippen molar-refractivity contribution in [3.05, 3.63) is 64.4 Å². The molecule has 0 aliphatic carbocycles. The molecule has 18 heavy (non-hydrogen) atoms. The maximum absolute atomic E-state index is 11.4. The van der Waals surface area contributed by atoms with Crippen LogP contribution in [0.5, 0.6) is 0 Å². The Balaban J connectivity index is 2.28. The molecule has 2 rings (SSSR count). The second-order valence-electron chi connectivity index (χ2n) is 3.89. The Kier molecular flexibility index (Phi) is 3.90. The Morgan fingerprint density at radius 3 is 2.61 bits per heavy atom. The van der Waals surface area contributed by atoms with Gasteiger partial charge in [0.05, 0.1) is 10.7 Å². The lowest BCUT2D eigenvalue weighted by Crippen LogP contribution is -1.95. The molecule has 0 spiro atoms. The van der Waals surface area contributed by atoms with E-state index in [9.17, 15) is 4.79 Å². The summed E-state index contributed by atoms with van der Waals surface area (Å²) in [6.07, 6.45) is 5.31. The van der Waals surface area contributed by atoms with E-state index in [2.05, 4.69) is 4.98 Å². The topological polar surface area (TPSA) is 30.0 Å². The predicted molar refractivity (Wildman–Crippen MR) is 74.6 cm³/mol. The number of Topliss-reactive ketones (excluding diaryl/α,β-unsaturated/α-hetero) is 1. The van der Waals surface area contributed by atoms with Crippen molar-refractivity contribution >= 4 is 29.5 Å². The van der Waals surface area contributed by atoms with Crippen molar-refractivity contribution in [2.24, 2.45) is 0 Å². The first-order valence-corrected chi connectivity index (χ1v) is 5.94. The van der Waals surface area contributed by atoms with E-state index in [1.807, 2.05) is 42.5 Å². The number of aromatic nitrogens is 1. The molecule has 0 fully saturated rings. The lowest BCUT2D eigenvalue weighted by atomic mass is 10.1. The summed E-state index contributed by atoms with van der Waals surface area (Å²) in [7, 11) is 0. The molecule has 0 aliphatic rings. The Morgan fingerprint density at radius 1 is 1.22 bits per heavy atom. The molecular weight excluding hydrogens is 246 g/mol. The van der Waals surface area contributed by atoms with Gasteiger partial charge in [-0.15, -0.1) is 0 Å². The number of hydrogen-bond acceptors (Lipinski definition) is 2. The van der Waals surface area contributed by atoms with Gasteiger partial charge < -0.3 is 0 Å². The zero-order valence-electron chi connectivity index (χ0n) is 9.93. The van der Waals surface area contributed by atoms with Gasteiger partial charge in [-0.25, -0.2) is 0 Å². The fourth-order valence-corrected chi connectivity index (χ4v) is 1.80. The molecule has 2 nitrogen and oxygen atoms in total. The van der Waals surface area contributed by atoms with Crippen LogP contribution in [0.25, 0.3) is 12.2 Å². The van der Waals surface area contributed by atoms with Gasteiger partial charge in [0.15, 0.2) is 5.78 Å². The van der Waals surface area contributed by atoms with E-state index >= 15 is 0 Å². The second-order valence-corrected chi connectivity index (χ2v) is 4.30. The van der Waals surface area contributed by atoms with Crippen molar-refractivity contribution in [1.29, 1.82) is 0 Å².